The number of halogens is 2. The second kappa shape index (κ2) is 9.96. The second-order valence-corrected chi connectivity index (χ2v) is 7.29. The standard InChI is InChI=1S/C22H25F2N3O3/c1-12(2)18(26-20(28)14-7-5-13(3)6-8-14)22(30)27-19(21(29)25-4)15-9-10-16(23)17(24)11-15/h5-12,18-19H,1-4H3,(H,25,29)(H,26,28)(H,27,30). The second-order valence-electron chi connectivity index (χ2n) is 7.29. The summed E-state index contributed by atoms with van der Waals surface area (Å²) in [5.41, 5.74) is 1.46. The highest BCUT2D eigenvalue weighted by molar-refractivity contribution is 5.98. The number of carbonyl (C=O) groups is 3. The Bertz CT molecular complexity index is 930. The molecule has 2 aromatic rings. The number of hydrogen-bond donors (Lipinski definition) is 3. The summed E-state index contributed by atoms with van der Waals surface area (Å²) in [6.45, 7) is 5.38. The molecule has 160 valence electrons. The maximum atomic E-state index is 13.6. The number of carbonyl (C=O) groups excluding carboxylic acids is 3. The largest absolute Gasteiger partial charge is 0.357 e. The zero-order valence-electron chi connectivity index (χ0n) is 17.3. The maximum absolute atomic E-state index is 13.6. The lowest BCUT2D eigenvalue weighted by molar-refractivity contribution is -0.130. The molecule has 0 spiro atoms. The average Bonchev–Trinajstić information content (AvgIpc) is 2.71. The molecule has 6 nitrogen and oxygen atoms in total. The molecule has 3 N–H and O–H groups in total. The first-order valence-electron chi connectivity index (χ1n) is 9.48. The van der Waals surface area contributed by atoms with Gasteiger partial charge in [0.15, 0.2) is 11.6 Å². The molecule has 0 aliphatic rings. The number of benzene rings is 2. The molecule has 8 heteroatoms. The summed E-state index contributed by atoms with van der Waals surface area (Å²) in [6, 6.07) is 7.60. The molecule has 0 saturated carbocycles. The predicted molar refractivity (Wildman–Crippen MR) is 109 cm³/mol. The van der Waals surface area contributed by atoms with E-state index in [1.807, 2.05) is 6.92 Å². The molecule has 2 atom stereocenters. The molecular formula is C22H25F2N3O3. The molecule has 2 aromatic carbocycles. The summed E-state index contributed by atoms with van der Waals surface area (Å²) >= 11 is 0. The summed E-state index contributed by atoms with van der Waals surface area (Å²) in [5.74, 6) is -4.16. The normalized spacial score (nSPS) is 12.8. The van der Waals surface area contributed by atoms with Crippen LogP contribution in [0.2, 0.25) is 0 Å². The highest BCUT2D eigenvalue weighted by atomic mass is 19.2. The van der Waals surface area contributed by atoms with Gasteiger partial charge in [-0.25, -0.2) is 8.78 Å². The molecule has 0 radical (unpaired) electrons. The van der Waals surface area contributed by atoms with E-state index in [9.17, 15) is 23.2 Å². The highest BCUT2D eigenvalue weighted by Crippen LogP contribution is 2.18. The van der Waals surface area contributed by atoms with Gasteiger partial charge >= 0.3 is 0 Å². The Kier molecular flexibility index (Phi) is 7.63. The van der Waals surface area contributed by atoms with Gasteiger partial charge in [-0.1, -0.05) is 37.6 Å². The minimum atomic E-state index is -1.25. The molecule has 0 heterocycles. The molecule has 2 rings (SSSR count). The van der Waals surface area contributed by atoms with Crippen molar-refractivity contribution in [3.8, 4) is 0 Å². The Morgan fingerprint density at radius 2 is 1.50 bits per heavy atom. The third kappa shape index (κ3) is 5.62. The van der Waals surface area contributed by atoms with E-state index in [0.29, 0.717) is 5.56 Å². The van der Waals surface area contributed by atoms with Crippen LogP contribution in [-0.4, -0.2) is 30.8 Å². The van der Waals surface area contributed by atoms with Crippen LogP contribution in [0.25, 0.3) is 0 Å². The Labute approximate surface area is 174 Å². The molecule has 0 fully saturated rings. The average molecular weight is 417 g/mol. The fraction of sp³-hybridized carbons (Fsp3) is 0.318. The van der Waals surface area contributed by atoms with Crippen molar-refractivity contribution in [1.82, 2.24) is 16.0 Å². The number of amides is 3. The fourth-order valence-corrected chi connectivity index (χ4v) is 2.83. The fourth-order valence-electron chi connectivity index (χ4n) is 2.83. The zero-order valence-corrected chi connectivity index (χ0v) is 17.3. The third-order valence-corrected chi connectivity index (χ3v) is 4.62. The smallest absolute Gasteiger partial charge is 0.251 e. The van der Waals surface area contributed by atoms with Crippen LogP contribution in [0.3, 0.4) is 0 Å². The number of nitrogens with one attached hydrogen (secondary N) is 3. The number of hydrogen-bond acceptors (Lipinski definition) is 3. The van der Waals surface area contributed by atoms with Crippen molar-refractivity contribution in [3.05, 3.63) is 70.8 Å². The van der Waals surface area contributed by atoms with Gasteiger partial charge < -0.3 is 16.0 Å². The molecule has 0 aliphatic heterocycles. The van der Waals surface area contributed by atoms with Crippen LogP contribution in [0.15, 0.2) is 42.5 Å². The molecule has 0 aromatic heterocycles. The van der Waals surface area contributed by atoms with Gasteiger partial charge in [0.25, 0.3) is 5.91 Å². The Hall–Kier alpha value is -3.29. The van der Waals surface area contributed by atoms with E-state index in [4.69, 9.17) is 0 Å². The van der Waals surface area contributed by atoms with Crippen LogP contribution in [0.5, 0.6) is 0 Å². The van der Waals surface area contributed by atoms with E-state index < -0.39 is 41.4 Å². The Balaban J connectivity index is 2.23. The van der Waals surface area contributed by atoms with E-state index in [-0.39, 0.29) is 11.5 Å². The summed E-state index contributed by atoms with van der Waals surface area (Å²) in [7, 11) is 1.36. The molecule has 0 saturated heterocycles. The summed E-state index contributed by atoms with van der Waals surface area (Å²) in [6.07, 6.45) is 0. The SMILES string of the molecule is CNC(=O)C(NC(=O)C(NC(=O)c1ccc(C)cc1)C(C)C)c1ccc(F)c(F)c1. The van der Waals surface area contributed by atoms with E-state index in [0.717, 1.165) is 17.7 Å². The van der Waals surface area contributed by atoms with Crippen molar-refractivity contribution in [2.24, 2.45) is 5.92 Å². The van der Waals surface area contributed by atoms with E-state index in [2.05, 4.69) is 16.0 Å². The number of rotatable bonds is 7. The van der Waals surface area contributed by atoms with Gasteiger partial charge in [0.1, 0.15) is 12.1 Å². The van der Waals surface area contributed by atoms with E-state index >= 15 is 0 Å². The molecule has 2 unspecified atom stereocenters. The predicted octanol–water partition coefficient (Wildman–Crippen LogP) is 2.63. The van der Waals surface area contributed by atoms with Gasteiger partial charge in [-0.3, -0.25) is 14.4 Å². The quantitative estimate of drug-likeness (QED) is 0.647. The lowest BCUT2D eigenvalue weighted by atomic mass is 10.0. The number of aryl methyl sites for hydroxylation is 1. The van der Waals surface area contributed by atoms with Crippen LogP contribution >= 0.6 is 0 Å². The molecule has 0 bridgehead atoms. The summed E-state index contributed by atoms with van der Waals surface area (Å²) < 4.78 is 26.9. The van der Waals surface area contributed by atoms with Crippen molar-refractivity contribution in [1.29, 1.82) is 0 Å². The summed E-state index contributed by atoms with van der Waals surface area (Å²) in [5, 5.41) is 7.58. The molecular weight excluding hydrogens is 392 g/mol. The Morgan fingerprint density at radius 1 is 0.867 bits per heavy atom. The van der Waals surface area contributed by atoms with E-state index in [1.165, 1.54) is 13.1 Å². The summed E-state index contributed by atoms with van der Waals surface area (Å²) in [4.78, 5) is 37.7. The van der Waals surface area contributed by atoms with Crippen LogP contribution in [0.4, 0.5) is 8.78 Å². The van der Waals surface area contributed by atoms with E-state index in [1.54, 1.807) is 38.1 Å². The zero-order chi connectivity index (χ0) is 22.4. The molecule has 0 aliphatic carbocycles. The van der Waals surface area contributed by atoms with Crippen LogP contribution < -0.4 is 16.0 Å². The Morgan fingerprint density at radius 3 is 2.03 bits per heavy atom. The van der Waals surface area contributed by atoms with Crippen molar-refractivity contribution < 1.29 is 23.2 Å². The van der Waals surface area contributed by atoms with Crippen LogP contribution in [0, 0.1) is 24.5 Å². The first-order valence-corrected chi connectivity index (χ1v) is 9.48. The molecule has 30 heavy (non-hydrogen) atoms. The van der Waals surface area contributed by atoms with Crippen molar-refractivity contribution in [2.75, 3.05) is 7.05 Å². The minimum Gasteiger partial charge on any atom is -0.357 e. The van der Waals surface area contributed by atoms with Crippen molar-refractivity contribution in [2.45, 2.75) is 32.9 Å². The third-order valence-electron chi connectivity index (χ3n) is 4.62. The van der Waals surface area contributed by atoms with Gasteiger partial charge in [0.05, 0.1) is 0 Å². The minimum absolute atomic E-state index is 0.0777. The van der Waals surface area contributed by atoms with Gasteiger partial charge in [-0.2, -0.15) is 0 Å². The van der Waals surface area contributed by atoms with Gasteiger partial charge in [0, 0.05) is 12.6 Å². The van der Waals surface area contributed by atoms with Crippen molar-refractivity contribution in [3.63, 3.8) is 0 Å². The lowest BCUT2D eigenvalue weighted by Gasteiger charge is -2.25. The monoisotopic (exact) mass is 417 g/mol. The topological polar surface area (TPSA) is 87.3 Å². The highest BCUT2D eigenvalue weighted by Gasteiger charge is 2.30. The molecule has 3 amide bonds. The lowest BCUT2D eigenvalue weighted by Crippen LogP contribution is -2.52. The van der Waals surface area contributed by atoms with Crippen molar-refractivity contribution >= 4 is 17.7 Å². The van der Waals surface area contributed by atoms with Gasteiger partial charge in [-0.05, 0) is 42.7 Å². The first-order chi connectivity index (χ1) is 14.1. The first kappa shape index (κ1) is 23.0. The van der Waals surface area contributed by atoms with Gasteiger partial charge in [-0.15, -0.1) is 0 Å². The van der Waals surface area contributed by atoms with Gasteiger partial charge in [0.2, 0.25) is 11.8 Å². The maximum Gasteiger partial charge on any atom is 0.251 e. The number of likely N-dealkylation sites (N-methyl/N-ethyl adjacent to an activating group) is 1. The van der Waals surface area contributed by atoms with Crippen LogP contribution in [0.1, 0.15) is 41.4 Å². The van der Waals surface area contributed by atoms with Crippen LogP contribution in [-0.2, 0) is 9.59 Å².